The predicted octanol–water partition coefficient (Wildman–Crippen LogP) is 3.92. The Labute approximate surface area is 109 Å². The van der Waals surface area contributed by atoms with Crippen molar-refractivity contribution in [2.24, 2.45) is 5.73 Å². The van der Waals surface area contributed by atoms with Crippen LogP contribution in [0.25, 0.3) is 0 Å². The topological polar surface area (TPSA) is 26.0 Å². The average molecular weight is 237 g/mol. The maximum Gasteiger partial charge on any atom is 0.0554 e. The van der Waals surface area contributed by atoms with Gasteiger partial charge in [0.1, 0.15) is 0 Å². The zero-order valence-corrected chi connectivity index (χ0v) is 10.8. The van der Waals surface area contributed by atoms with Gasteiger partial charge in [0.15, 0.2) is 0 Å². The molecule has 0 bridgehead atoms. The molecule has 0 radical (unpaired) electrons. The highest BCUT2D eigenvalue weighted by atomic mass is 14.6. The molecule has 1 aliphatic carbocycles. The van der Waals surface area contributed by atoms with Crippen LogP contribution in [0.15, 0.2) is 48.5 Å². The van der Waals surface area contributed by atoms with Crippen molar-refractivity contribution in [3.8, 4) is 0 Å². The molecule has 1 unspecified atom stereocenters. The Morgan fingerprint density at radius 3 is 2.28 bits per heavy atom. The van der Waals surface area contributed by atoms with Crippen LogP contribution in [0.4, 0.5) is 0 Å². The van der Waals surface area contributed by atoms with Crippen LogP contribution in [0, 0.1) is 6.92 Å². The molecule has 1 fully saturated rings. The summed E-state index contributed by atoms with van der Waals surface area (Å²) in [6, 6.07) is 17.2. The van der Waals surface area contributed by atoms with Crippen molar-refractivity contribution in [2.75, 3.05) is 0 Å². The van der Waals surface area contributed by atoms with E-state index < -0.39 is 0 Å². The Hall–Kier alpha value is -1.60. The SMILES string of the molecule is Cc1ccccc1C(N)c1ccc(C2CC2)cc1. The van der Waals surface area contributed by atoms with Crippen LogP contribution in [0.2, 0.25) is 0 Å². The number of nitrogens with two attached hydrogens (primary N) is 1. The van der Waals surface area contributed by atoms with Crippen molar-refractivity contribution < 1.29 is 0 Å². The van der Waals surface area contributed by atoms with Crippen molar-refractivity contribution in [3.63, 3.8) is 0 Å². The van der Waals surface area contributed by atoms with Crippen molar-refractivity contribution in [1.82, 2.24) is 0 Å². The fourth-order valence-electron chi connectivity index (χ4n) is 2.51. The van der Waals surface area contributed by atoms with Gasteiger partial charge in [0.25, 0.3) is 0 Å². The van der Waals surface area contributed by atoms with Gasteiger partial charge in [-0.2, -0.15) is 0 Å². The third-order valence-electron chi connectivity index (χ3n) is 3.87. The van der Waals surface area contributed by atoms with Crippen LogP contribution < -0.4 is 5.73 Å². The molecule has 0 heterocycles. The van der Waals surface area contributed by atoms with Crippen LogP contribution in [-0.4, -0.2) is 0 Å². The van der Waals surface area contributed by atoms with Gasteiger partial charge in [0.2, 0.25) is 0 Å². The molecule has 0 aliphatic heterocycles. The van der Waals surface area contributed by atoms with E-state index in [1.165, 1.54) is 35.1 Å². The first kappa shape index (κ1) is 11.5. The van der Waals surface area contributed by atoms with E-state index in [9.17, 15) is 0 Å². The second kappa shape index (κ2) is 4.58. The first-order chi connectivity index (χ1) is 8.75. The van der Waals surface area contributed by atoms with Gasteiger partial charge in [-0.1, -0.05) is 48.5 Å². The Kier molecular flexibility index (Phi) is 2.92. The normalized spacial score (nSPS) is 16.6. The Bertz CT molecular complexity index is 538. The molecule has 1 atom stereocenters. The highest BCUT2D eigenvalue weighted by molar-refractivity contribution is 5.38. The monoisotopic (exact) mass is 237 g/mol. The zero-order valence-electron chi connectivity index (χ0n) is 10.8. The first-order valence-corrected chi connectivity index (χ1v) is 6.66. The number of rotatable bonds is 3. The number of hydrogen-bond donors (Lipinski definition) is 1. The lowest BCUT2D eigenvalue weighted by Crippen LogP contribution is -2.13. The van der Waals surface area contributed by atoms with Gasteiger partial charge in [0, 0.05) is 0 Å². The van der Waals surface area contributed by atoms with E-state index in [-0.39, 0.29) is 6.04 Å². The molecule has 2 N–H and O–H groups in total. The van der Waals surface area contributed by atoms with Gasteiger partial charge in [-0.05, 0) is 47.9 Å². The highest BCUT2D eigenvalue weighted by Gasteiger charge is 2.23. The van der Waals surface area contributed by atoms with Crippen molar-refractivity contribution in [2.45, 2.75) is 31.7 Å². The molecule has 1 saturated carbocycles. The predicted molar refractivity (Wildman–Crippen MR) is 75.6 cm³/mol. The minimum atomic E-state index is -0.0144. The quantitative estimate of drug-likeness (QED) is 0.860. The Balaban J connectivity index is 1.87. The molecule has 18 heavy (non-hydrogen) atoms. The molecule has 1 heteroatoms. The van der Waals surface area contributed by atoms with E-state index in [1.807, 2.05) is 0 Å². The summed E-state index contributed by atoms with van der Waals surface area (Å²) in [5, 5.41) is 0. The summed E-state index contributed by atoms with van der Waals surface area (Å²) in [6.45, 7) is 2.12. The molecule has 0 saturated heterocycles. The maximum absolute atomic E-state index is 6.36. The second-order valence-corrected chi connectivity index (χ2v) is 5.28. The van der Waals surface area contributed by atoms with E-state index in [0.29, 0.717) is 0 Å². The van der Waals surface area contributed by atoms with E-state index in [2.05, 4.69) is 55.5 Å². The largest absolute Gasteiger partial charge is 0.320 e. The number of benzene rings is 2. The maximum atomic E-state index is 6.36. The smallest absolute Gasteiger partial charge is 0.0554 e. The summed E-state index contributed by atoms with van der Waals surface area (Å²) in [6.07, 6.45) is 2.70. The summed E-state index contributed by atoms with van der Waals surface area (Å²) >= 11 is 0. The standard InChI is InChI=1S/C17H19N/c1-12-4-2-3-5-16(12)17(18)15-10-8-14(9-11-15)13-6-7-13/h2-5,8-11,13,17H,6-7,18H2,1H3. The Morgan fingerprint density at radius 2 is 1.67 bits per heavy atom. The van der Waals surface area contributed by atoms with Gasteiger partial charge in [-0.15, -0.1) is 0 Å². The fourth-order valence-corrected chi connectivity index (χ4v) is 2.51. The lowest BCUT2D eigenvalue weighted by atomic mass is 9.95. The zero-order chi connectivity index (χ0) is 12.5. The summed E-state index contributed by atoms with van der Waals surface area (Å²) < 4.78 is 0. The van der Waals surface area contributed by atoms with Crippen molar-refractivity contribution in [3.05, 3.63) is 70.8 Å². The van der Waals surface area contributed by atoms with Crippen molar-refractivity contribution in [1.29, 1.82) is 0 Å². The van der Waals surface area contributed by atoms with Crippen LogP contribution in [-0.2, 0) is 0 Å². The molecule has 2 aromatic carbocycles. The van der Waals surface area contributed by atoms with Gasteiger partial charge in [-0.3, -0.25) is 0 Å². The third-order valence-corrected chi connectivity index (χ3v) is 3.87. The Morgan fingerprint density at radius 1 is 1.00 bits per heavy atom. The summed E-state index contributed by atoms with van der Waals surface area (Å²) in [7, 11) is 0. The molecule has 2 aromatic rings. The molecule has 1 nitrogen and oxygen atoms in total. The second-order valence-electron chi connectivity index (χ2n) is 5.28. The lowest BCUT2D eigenvalue weighted by Gasteiger charge is -2.15. The van der Waals surface area contributed by atoms with Crippen LogP contribution in [0.1, 0.15) is 47.1 Å². The van der Waals surface area contributed by atoms with Gasteiger partial charge >= 0.3 is 0 Å². The minimum Gasteiger partial charge on any atom is -0.320 e. The molecule has 92 valence electrons. The summed E-state index contributed by atoms with van der Waals surface area (Å²) in [5.74, 6) is 0.814. The van der Waals surface area contributed by atoms with E-state index >= 15 is 0 Å². The third kappa shape index (κ3) is 2.19. The highest BCUT2D eigenvalue weighted by Crippen LogP contribution is 2.40. The molecular weight excluding hydrogens is 218 g/mol. The van der Waals surface area contributed by atoms with E-state index in [0.717, 1.165) is 5.92 Å². The van der Waals surface area contributed by atoms with E-state index in [4.69, 9.17) is 5.73 Å². The number of hydrogen-bond acceptors (Lipinski definition) is 1. The van der Waals surface area contributed by atoms with Gasteiger partial charge < -0.3 is 5.73 Å². The minimum absolute atomic E-state index is 0.0144. The van der Waals surface area contributed by atoms with Crippen molar-refractivity contribution >= 4 is 0 Å². The molecular formula is C17H19N. The summed E-state index contributed by atoms with van der Waals surface area (Å²) in [4.78, 5) is 0. The molecule has 1 aliphatic rings. The fraction of sp³-hybridized carbons (Fsp3) is 0.294. The first-order valence-electron chi connectivity index (χ1n) is 6.66. The molecule has 0 spiro atoms. The van der Waals surface area contributed by atoms with Crippen LogP contribution in [0.3, 0.4) is 0 Å². The summed E-state index contributed by atoms with van der Waals surface area (Å²) in [5.41, 5.74) is 11.5. The lowest BCUT2D eigenvalue weighted by molar-refractivity contribution is 0.860. The molecule has 3 rings (SSSR count). The van der Waals surface area contributed by atoms with E-state index in [1.54, 1.807) is 0 Å². The average Bonchev–Trinajstić information content (AvgIpc) is 3.23. The molecule has 0 amide bonds. The number of aryl methyl sites for hydroxylation is 1. The van der Waals surface area contributed by atoms with Gasteiger partial charge in [0.05, 0.1) is 6.04 Å². The van der Waals surface area contributed by atoms with Crippen LogP contribution in [0.5, 0.6) is 0 Å². The van der Waals surface area contributed by atoms with Crippen LogP contribution >= 0.6 is 0 Å². The van der Waals surface area contributed by atoms with Gasteiger partial charge in [-0.25, -0.2) is 0 Å². The molecule has 0 aromatic heterocycles.